The molecule has 0 aromatic heterocycles. The summed E-state index contributed by atoms with van der Waals surface area (Å²) >= 11 is 0. The van der Waals surface area contributed by atoms with Gasteiger partial charge in [0.2, 0.25) is 5.91 Å². The summed E-state index contributed by atoms with van der Waals surface area (Å²) in [6.07, 6.45) is 10.9. The number of hydrogen-bond acceptors (Lipinski definition) is 3. The van der Waals surface area contributed by atoms with Crippen LogP contribution in [-0.4, -0.2) is 62.6 Å². The van der Waals surface area contributed by atoms with Crippen molar-refractivity contribution in [2.45, 2.75) is 70.8 Å². The molecule has 3 N–H and O–H groups in total. The van der Waals surface area contributed by atoms with E-state index in [0.29, 0.717) is 25.4 Å². The molecule has 0 bridgehead atoms. The molecule has 2 aliphatic rings. The molecule has 1 heterocycles. The van der Waals surface area contributed by atoms with Gasteiger partial charge >= 0.3 is 0 Å². The lowest BCUT2D eigenvalue weighted by molar-refractivity contribution is -0.121. The summed E-state index contributed by atoms with van der Waals surface area (Å²) in [5.41, 5.74) is 0. The molecule has 1 saturated heterocycles. The van der Waals surface area contributed by atoms with Gasteiger partial charge in [0, 0.05) is 45.7 Å². The topological polar surface area (TPSA) is 68.8 Å². The van der Waals surface area contributed by atoms with Gasteiger partial charge in [0.25, 0.3) is 0 Å². The molecule has 0 radical (unpaired) electrons. The molecule has 0 spiro atoms. The second kappa shape index (κ2) is 14.4. The van der Waals surface area contributed by atoms with Gasteiger partial charge in [-0.1, -0.05) is 19.3 Å². The number of nitrogens with one attached hydrogen (secondary N) is 3. The Balaban J connectivity index is 0.00000364. The zero-order valence-corrected chi connectivity index (χ0v) is 19.6. The number of aliphatic imine (C=N–C) groups is 1. The van der Waals surface area contributed by atoms with Crippen molar-refractivity contribution in [1.29, 1.82) is 0 Å². The largest absolute Gasteiger partial charge is 0.356 e. The maximum Gasteiger partial charge on any atom is 0.220 e. The third kappa shape index (κ3) is 9.96. The summed E-state index contributed by atoms with van der Waals surface area (Å²) in [6.45, 7) is 7.03. The van der Waals surface area contributed by atoms with Gasteiger partial charge in [-0.3, -0.25) is 9.79 Å². The maximum atomic E-state index is 11.9. The van der Waals surface area contributed by atoms with Crippen molar-refractivity contribution >= 4 is 35.8 Å². The molecule has 1 atom stereocenters. The molecule has 7 heteroatoms. The minimum atomic E-state index is 0. The molecule has 6 nitrogen and oxygen atoms in total. The van der Waals surface area contributed by atoms with Crippen molar-refractivity contribution < 1.29 is 4.79 Å². The van der Waals surface area contributed by atoms with Crippen molar-refractivity contribution in [1.82, 2.24) is 20.9 Å². The Bertz CT molecular complexity index is 440. The van der Waals surface area contributed by atoms with Crippen LogP contribution in [0.4, 0.5) is 0 Å². The molecule has 1 aliphatic heterocycles. The molecule has 1 amide bonds. The van der Waals surface area contributed by atoms with Gasteiger partial charge in [-0.2, -0.15) is 0 Å². The second-order valence-corrected chi connectivity index (χ2v) is 7.86. The Morgan fingerprint density at radius 1 is 1.00 bits per heavy atom. The highest BCUT2D eigenvalue weighted by Gasteiger charge is 2.18. The van der Waals surface area contributed by atoms with Gasteiger partial charge < -0.3 is 20.9 Å². The predicted molar refractivity (Wildman–Crippen MR) is 124 cm³/mol. The van der Waals surface area contributed by atoms with Gasteiger partial charge in [-0.25, -0.2) is 0 Å². The Kier molecular flexibility index (Phi) is 13.1. The number of amides is 1. The van der Waals surface area contributed by atoms with Crippen LogP contribution in [0.3, 0.4) is 0 Å². The van der Waals surface area contributed by atoms with E-state index in [2.05, 4.69) is 32.8 Å². The van der Waals surface area contributed by atoms with Crippen LogP contribution < -0.4 is 16.0 Å². The van der Waals surface area contributed by atoms with Gasteiger partial charge in [0.15, 0.2) is 5.96 Å². The van der Waals surface area contributed by atoms with Crippen molar-refractivity contribution in [2.75, 3.05) is 39.8 Å². The lowest BCUT2D eigenvalue weighted by Gasteiger charge is -2.33. The molecular weight excluding hydrogens is 453 g/mol. The molecule has 1 unspecified atom stereocenters. The highest BCUT2D eigenvalue weighted by Crippen LogP contribution is 2.27. The highest BCUT2D eigenvalue weighted by atomic mass is 127. The molecule has 2 rings (SSSR count). The van der Waals surface area contributed by atoms with Crippen LogP contribution in [0.2, 0.25) is 0 Å². The van der Waals surface area contributed by atoms with Crippen LogP contribution in [-0.2, 0) is 4.79 Å². The van der Waals surface area contributed by atoms with E-state index in [4.69, 9.17) is 0 Å². The van der Waals surface area contributed by atoms with Crippen LogP contribution in [0.25, 0.3) is 0 Å². The smallest absolute Gasteiger partial charge is 0.220 e. The first-order chi connectivity index (χ1) is 12.7. The first-order valence-corrected chi connectivity index (χ1v) is 10.6. The van der Waals surface area contributed by atoms with E-state index < -0.39 is 0 Å². The Morgan fingerprint density at radius 2 is 1.67 bits per heavy atom. The number of rotatable bonds is 9. The zero-order chi connectivity index (χ0) is 18.6. The first-order valence-electron chi connectivity index (χ1n) is 10.6. The van der Waals surface area contributed by atoms with Gasteiger partial charge in [-0.15, -0.1) is 24.0 Å². The van der Waals surface area contributed by atoms with Crippen LogP contribution >= 0.6 is 24.0 Å². The number of piperidine rings is 1. The minimum absolute atomic E-state index is 0. The number of likely N-dealkylation sites (tertiary alicyclic amines) is 1. The van der Waals surface area contributed by atoms with E-state index >= 15 is 0 Å². The van der Waals surface area contributed by atoms with Crippen LogP contribution in [0, 0.1) is 5.92 Å². The second-order valence-electron chi connectivity index (χ2n) is 7.86. The zero-order valence-electron chi connectivity index (χ0n) is 17.3. The number of halogens is 1. The van der Waals surface area contributed by atoms with E-state index in [1.807, 2.05) is 0 Å². The number of guanidine groups is 1. The van der Waals surface area contributed by atoms with E-state index in [-0.39, 0.29) is 29.9 Å². The van der Waals surface area contributed by atoms with Crippen LogP contribution in [0.15, 0.2) is 4.99 Å². The summed E-state index contributed by atoms with van der Waals surface area (Å²) in [5, 5.41) is 9.66. The minimum Gasteiger partial charge on any atom is -0.356 e. The van der Waals surface area contributed by atoms with Gasteiger partial charge in [-0.05, 0) is 51.5 Å². The summed E-state index contributed by atoms with van der Waals surface area (Å²) in [6, 6.07) is 0.731. The van der Waals surface area contributed by atoms with Crippen molar-refractivity contribution in [3.8, 4) is 0 Å². The van der Waals surface area contributed by atoms with Crippen molar-refractivity contribution in [2.24, 2.45) is 10.9 Å². The summed E-state index contributed by atoms with van der Waals surface area (Å²) in [5.74, 6) is 1.62. The van der Waals surface area contributed by atoms with Crippen molar-refractivity contribution in [3.05, 3.63) is 0 Å². The van der Waals surface area contributed by atoms with Crippen LogP contribution in [0.5, 0.6) is 0 Å². The molecule has 0 aromatic rings. The molecule has 27 heavy (non-hydrogen) atoms. The normalized spacial score (nSPS) is 21.6. The maximum absolute atomic E-state index is 11.9. The average molecular weight is 493 g/mol. The first kappa shape index (κ1) is 24.5. The lowest BCUT2D eigenvalue weighted by atomic mass is 10.0. The molecule has 2 fully saturated rings. The molecule has 1 saturated carbocycles. The van der Waals surface area contributed by atoms with E-state index in [1.165, 1.54) is 51.5 Å². The van der Waals surface area contributed by atoms with Crippen molar-refractivity contribution in [3.63, 3.8) is 0 Å². The number of hydrogen-bond donors (Lipinski definition) is 3. The number of nitrogens with zero attached hydrogens (tertiary/aromatic N) is 2. The quantitative estimate of drug-likeness (QED) is 0.200. The summed E-state index contributed by atoms with van der Waals surface area (Å²) in [7, 11) is 1.79. The summed E-state index contributed by atoms with van der Waals surface area (Å²) in [4.78, 5) is 18.8. The fraction of sp³-hybridized carbons (Fsp3) is 0.900. The predicted octanol–water partition coefficient (Wildman–Crippen LogP) is 2.73. The third-order valence-electron chi connectivity index (χ3n) is 5.77. The van der Waals surface area contributed by atoms with E-state index in [0.717, 1.165) is 31.5 Å². The average Bonchev–Trinajstić information content (AvgIpc) is 3.14. The van der Waals surface area contributed by atoms with E-state index in [1.54, 1.807) is 7.05 Å². The van der Waals surface area contributed by atoms with Gasteiger partial charge in [0.1, 0.15) is 0 Å². The number of carbonyl (C=O) groups is 1. The Hall–Kier alpha value is -0.570. The standard InChI is InChI=1S/C20H39N5O.HI/c1-17-8-5-6-14-25(17)15-7-11-23-20(21-2)24-13-12-22-19(26)16-18-9-3-4-10-18;/h17-18H,3-16H2,1-2H3,(H,22,26)(H2,21,23,24);1H. The molecule has 1 aliphatic carbocycles. The van der Waals surface area contributed by atoms with E-state index in [9.17, 15) is 4.79 Å². The molecule has 158 valence electrons. The molecule has 0 aromatic carbocycles. The molecular formula is C20H40IN5O. The lowest BCUT2D eigenvalue weighted by Crippen LogP contribution is -2.43. The van der Waals surface area contributed by atoms with Crippen LogP contribution in [0.1, 0.15) is 64.7 Å². The highest BCUT2D eigenvalue weighted by molar-refractivity contribution is 14.0. The number of carbonyl (C=O) groups excluding carboxylic acids is 1. The fourth-order valence-corrected chi connectivity index (χ4v) is 4.13. The summed E-state index contributed by atoms with van der Waals surface area (Å²) < 4.78 is 0. The Labute approximate surface area is 182 Å². The third-order valence-corrected chi connectivity index (χ3v) is 5.77. The SMILES string of the molecule is CN=C(NCCCN1CCCCC1C)NCCNC(=O)CC1CCCC1.I. The van der Waals surface area contributed by atoms with Gasteiger partial charge in [0.05, 0.1) is 0 Å². The monoisotopic (exact) mass is 493 g/mol. The Morgan fingerprint density at radius 3 is 2.37 bits per heavy atom. The fourth-order valence-electron chi connectivity index (χ4n) is 4.13.